The maximum absolute atomic E-state index is 11.9. The summed E-state index contributed by atoms with van der Waals surface area (Å²) in [7, 11) is 0. The molecule has 0 N–H and O–H groups in total. The molecule has 0 radical (unpaired) electrons. The van der Waals surface area contributed by atoms with Crippen molar-refractivity contribution in [3.8, 4) is 0 Å². The minimum atomic E-state index is 0.251. The molecule has 94 valence electrons. The number of pyridine rings is 1. The number of carbonyl (C=O) groups excluding carboxylic acids is 1. The zero-order valence-electron chi connectivity index (χ0n) is 10.6. The van der Waals surface area contributed by atoms with Crippen molar-refractivity contribution in [3.05, 3.63) is 45.7 Å². The average Bonchev–Trinajstić information content (AvgIpc) is 2.67. The van der Waals surface area contributed by atoms with Crippen LogP contribution in [0.15, 0.2) is 24.5 Å². The molecular weight excluding hydrogens is 244 g/mol. The van der Waals surface area contributed by atoms with Crippen molar-refractivity contribution < 1.29 is 4.79 Å². The van der Waals surface area contributed by atoms with Crippen LogP contribution in [0.1, 0.15) is 27.6 Å². The molecule has 0 aliphatic rings. The van der Waals surface area contributed by atoms with Crippen molar-refractivity contribution in [3.63, 3.8) is 0 Å². The van der Waals surface area contributed by atoms with Crippen molar-refractivity contribution in [2.24, 2.45) is 0 Å². The van der Waals surface area contributed by atoms with Gasteiger partial charge in [-0.25, -0.2) is 4.98 Å². The van der Waals surface area contributed by atoms with Gasteiger partial charge in [0.2, 0.25) is 0 Å². The number of carbonyl (C=O) groups is 1. The van der Waals surface area contributed by atoms with Gasteiger partial charge in [-0.3, -0.25) is 9.78 Å². The van der Waals surface area contributed by atoms with Gasteiger partial charge in [0.15, 0.2) is 0 Å². The van der Waals surface area contributed by atoms with Crippen LogP contribution in [0, 0.1) is 13.8 Å². The van der Waals surface area contributed by atoms with Gasteiger partial charge in [-0.15, -0.1) is 11.3 Å². The van der Waals surface area contributed by atoms with E-state index in [2.05, 4.69) is 9.97 Å². The Bertz CT molecular complexity index is 514. The number of aryl methyl sites for hydroxylation is 3. The molecule has 3 nitrogen and oxygen atoms in total. The molecule has 0 spiro atoms. The van der Waals surface area contributed by atoms with E-state index in [0.29, 0.717) is 12.8 Å². The van der Waals surface area contributed by atoms with Crippen molar-refractivity contribution in [2.75, 3.05) is 0 Å². The Balaban J connectivity index is 1.86. The van der Waals surface area contributed by atoms with Crippen LogP contribution >= 0.6 is 11.3 Å². The number of ketones is 1. The Morgan fingerprint density at radius 3 is 2.61 bits per heavy atom. The Morgan fingerprint density at radius 2 is 2.00 bits per heavy atom. The fraction of sp³-hybridized carbons (Fsp3) is 0.357. The number of hydrogen-bond donors (Lipinski definition) is 0. The van der Waals surface area contributed by atoms with E-state index >= 15 is 0 Å². The van der Waals surface area contributed by atoms with E-state index in [0.717, 1.165) is 22.7 Å². The van der Waals surface area contributed by atoms with Crippen LogP contribution in [-0.2, 0) is 17.6 Å². The molecule has 0 unspecified atom stereocenters. The van der Waals surface area contributed by atoms with E-state index in [1.54, 1.807) is 23.7 Å². The van der Waals surface area contributed by atoms with Gasteiger partial charge in [0.1, 0.15) is 10.8 Å². The molecule has 2 heterocycles. The number of hydrogen-bond acceptors (Lipinski definition) is 4. The highest BCUT2D eigenvalue weighted by Crippen LogP contribution is 2.17. The highest BCUT2D eigenvalue weighted by Gasteiger charge is 2.09. The van der Waals surface area contributed by atoms with Crippen LogP contribution in [0.3, 0.4) is 0 Å². The number of aromatic nitrogens is 2. The lowest BCUT2D eigenvalue weighted by Gasteiger charge is -1.99. The molecule has 0 fully saturated rings. The normalized spacial score (nSPS) is 10.6. The summed E-state index contributed by atoms with van der Waals surface area (Å²) in [6.07, 6.45) is 5.33. The molecule has 2 aromatic rings. The van der Waals surface area contributed by atoms with Gasteiger partial charge < -0.3 is 0 Å². The number of rotatable bonds is 5. The molecule has 0 saturated carbocycles. The van der Waals surface area contributed by atoms with E-state index in [9.17, 15) is 4.79 Å². The smallest absolute Gasteiger partial charge is 0.140 e. The van der Waals surface area contributed by atoms with Gasteiger partial charge in [0, 0.05) is 23.7 Å². The van der Waals surface area contributed by atoms with Crippen LogP contribution in [0.5, 0.6) is 0 Å². The third-order valence-electron chi connectivity index (χ3n) is 2.86. The predicted molar refractivity (Wildman–Crippen MR) is 72.9 cm³/mol. The summed E-state index contributed by atoms with van der Waals surface area (Å²) in [5, 5.41) is 0.935. The largest absolute Gasteiger partial charge is 0.299 e. The summed E-state index contributed by atoms with van der Waals surface area (Å²) < 4.78 is 0. The highest BCUT2D eigenvalue weighted by molar-refractivity contribution is 7.11. The summed E-state index contributed by atoms with van der Waals surface area (Å²) in [5.74, 6) is 0.251. The summed E-state index contributed by atoms with van der Waals surface area (Å²) in [5.41, 5.74) is 2.20. The summed E-state index contributed by atoms with van der Waals surface area (Å²) >= 11 is 1.62. The van der Waals surface area contributed by atoms with Crippen LogP contribution in [-0.4, -0.2) is 15.8 Å². The Hall–Kier alpha value is -1.55. The summed E-state index contributed by atoms with van der Waals surface area (Å²) in [4.78, 5) is 21.4. The summed E-state index contributed by atoms with van der Waals surface area (Å²) in [6.45, 7) is 4.02. The third kappa shape index (κ3) is 3.47. The first-order valence-corrected chi connectivity index (χ1v) is 6.80. The monoisotopic (exact) mass is 260 g/mol. The second-order valence-electron chi connectivity index (χ2n) is 4.32. The van der Waals surface area contributed by atoms with E-state index in [1.165, 1.54) is 4.88 Å². The number of nitrogens with zero attached hydrogens (tertiary/aromatic N) is 2. The van der Waals surface area contributed by atoms with Crippen molar-refractivity contribution in [1.29, 1.82) is 0 Å². The lowest BCUT2D eigenvalue weighted by atomic mass is 10.1. The molecule has 0 aliphatic carbocycles. The molecule has 0 saturated heterocycles. The molecule has 0 amide bonds. The fourth-order valence-electron chi connectivity index (χ4n) is 1.71. The number of Topliss-reactive ketones (excluding diaryl/α,β-unsaturated/α-hetero) is 1. The zero-order valence-corrected chi connectivity index (χ0v) is 11.5. The second-order valence-corrected chi connectivity index (χ2v) is 5.61. The van der Waals surface area contributed by atoms with Gasteiger partial charge in [-0.05, 0) is 38.0 Å². The summed E-state index contributed by atoms with van der Waals surface area (Å²) in [6, 6.07) is 3.90. The molecule has 4 heteroatoms. The average molecular weight is 260 g/mol. The number of thiazole rings is 1. The third-order valence-corrected chi connectivity index (χ3v) is 3.94. The topological polar surface area (TPSA) is 42.9 Å². The van der Waals surface area contributed by atoms with Gasteiger partial charge in [0.25, 0.3) is 0 Å². The molecule has 18 heavy (non-hydrogen) atoms. The van der Waals surface area contributed by atoms with Gasteiger partial charge in [-0.2, -0.15) is 0 Å². The Kier molecular flexibility index (Phi) is 4.20. The lowest BCUT2D eigenvalue weighted by Crippen LogP contribution is -2.04. The minimum Gasteiger partial charge on any atom is -0.299 e. The maximum atomic E-state index is 11.9. The van der Waals surface area contributed by atoms with E-state index in [4.69, 9.17) is 0 Å². The maximum Gasteiger partial charge on any atom is 0.140 e. The molecule has 2 rings (SSSR count). The predicted octanol–water partition coefficient (Wildman–Crippen LogP) is 2.90. The fourth-order valence-corrected chi connectivity index (χ4v) is 2.67. The quantitative estimate of drug-likeness (QED) is 0.830. The van der Waals surface area contributed by atoms with Gasteiger partial charge in [-0.1, -0.05) is 0 Å². The van der Waals surface area contributed by atoms with Gasteiger partial charge in [0.05, 0.1) is 12.1 Å². The molecule has 0 bridgehead atoms. The SMILES string of the molecule is Cc1nc(CC(=O)CCc2ccncc2)sc1C. The van der Waals surface area contributed by atoms with E-state index in [1.807, 2.05) is 26.0 Å². The Labute approximate surface area is 111 Å². The Morgan fingerprint density at radius 1 is 1.28 bits per heavy atom. The first-order chi connectivity index (χ1) is 8.65. The molecule has 0 aromatic carbocycles. The van der Waals surface area contributed by atoms with Crippen LogP contribution in [0.25, 0.3) is 0 Å². The molecule has 2 aromatic heterocycles. The van der Waals surface area contributed by atoms with Gasteiger partial charge >= 0.3 is 0 Å². The van der Waals surface area contributed by atoms with Crippen LogP contribution in [0.4, 0.5) is 0 Å². The van der Waals surface area contributed by atoms with Crippen molar-refractivity contribution >= 4 is 17.1 Å². The molecule has 0 aliphatic heterocycles. The molecule has 0 atom stereocenters. The van der Waals surface area contributed by atoms with Crippen molar-refractivity contribution in [1.82, 2.24) is 9.97 Å². The van der Waals surface area contributed by atoms with Crippen LogP contribution < -0.4 is 0 Å². The highest BCUT2D eigenvalue weighted by atomic mass is 32.1. The minimum absolute atomic E-state index is 0.251. The first kappa shape index (κ1) is 12.9. The van der Waals surface area contributed by atoms with Crippen LogP contribution in [0.2, 0.25) is 0 Å². The van der Waals surface area contributed by atoms with E-state index < -0.39 is 0 Å². The first-order valence-electron chi connectivity index (χ1n) is 5.98. The van der Waals surface area contributed by atoms with E-state index in [-0.39, 0.29) is 5.78 Å². The molecular formula is C14H16N2OS. The standard InChI is InChI=1S/C14H16N2OS/c1-10-11(2)18-14(16-10)9-13(17)4-3-12-5-7-15-8-6-12/h5-8H,3-4,9H2,1-2H3. The second kappa shape index (κ2) is 5.87. The lowest BCUT2D eigenvalue weighted by molar-refractivity contribution is -0.118. The van der Waals surface area contributed by atoms with Crippen molar-refractivity contribution in [2.45, 2.75) is 33.1 Å². The zero-order chi connectivity index (χ0) is 13.0.